The number of imidazole rings is 1. The van der Waals surface area contributed by atoms with Crippen LogP contribution in [0.4, 0.5) is 0 Å². The second kappa shape index (κ2) is 12.3. The van der Waals surface area contributed by atoms with E-state index in [1.54, 1.807) is 0 Å². The van der Waals surface area contributed by atoms with Crippen molar-refractivity contribution in [2.24, 2.45) is 7.05 Å². The Morgan fingerprint density at radius 2 is 0.964 bits per heavy atom. The zero-order valence-corrected chi connectivity index (χ0v) is 30.7. The van der Waals surface area contributed by atoms with Crippen molar-refractivity contribution in [2.45, 2.75) is 6.92 Å². The predicted octanol–water partition coefficient (Wildman–Crippen LogP) is 14.3. The van der Waals surface area contributed by atoms with Crippen LogP contribution in [0.25, 0.3) is 110 Å². The van der Waals surface area contributed by atoms with E-state index in [9.17, 15) is 0 Å². The molecular weight excluding hydrogens is 665 g/mol. The van der Waals surface area contributed by atoms with Crippen LogP contribution in [-0.4, -0.2) is 9.55 Å². The fourth-order valence-electron chi connectivity index (χ4n) is 9.06. The molecule has 0 amide bonds. The zero-order valence-electron chi connectivity index (χ0n) is 30.7. The summed E-state index contributed by atoms with van der Waals surface area (Å²) in [4.78, 5) is 5.03. The molecule has 0 aliphatic heterocycles. The minimum Gasteiger partial charge on any atom is -0.327 e. The molecule has 0 bridgehead atoms. The molecule has 0 spiro atoms. The predicted molar refractivity (Wildman–Crippen MR) is 235 cm³/mol. The molecule has 10 aromatic carbocycles. The maximum absolute atomic E-state index is 5.03. The number of hydrogen-bond donors (Lipinski definition) is 0. The smallest absolute Gasteiger partial charge is 0.141 e. The van der Waals surface area contributed by atoms with E-state index in [-0.39, 0.29) is 0 Å². The third kappa shape index (κ3) is 4.92. The van der Waals surface area contributed by atoms with Crippen molar-refractivity contribution >= 4 is 64.9 Å². The van der Waals surface area contributed by atoms with Crippen LogP contribution in [0.1, 0.15) is 5.56 Å². The second-order valence-electron chi connectivity index (χ2n) is 14.8. The average molecular weight is 701 g/mol. The first-order valence-corrected chi connectivity index (χ1v) is 19.0. The highest BCUT2D eigenvalue weighted by Crippen LogP contribution is 2.42. The Balaban J connectivity index is 0.998. The maximum Gasteiger partial charge on any atom is 0.141 e. The van der Waals surface area contributed by atoms with E-state index < -0.39 is 0 Å². The lowest BCUT2D eigenvalue weighted by atomic mass is 9.88. The second-order valence-corrected chi connectivity index (χ2v) is 14.8. The van der Waals surface area contributed by atoms with Gasteiger partial charge in [-0.2, -0.15) is 0 Å². The first-order valence-electron chi connectivity index (χ1n) is 19.0. The molecular formula is C53H36N2. The summed E-state index contributed by atoms with van der Waals surface area (Å²) in [6.45, 7) is 2.23. The van der Waals surface area contributed by atoms with Gasteiger partial charge in [0.2, 0.25) is 0 Å². The third-order valence-corrected chi connectivity index (χ3v) is 11.7. The molecule has 0 N–H and O–H groups in total. The Kier molecular flexibility index (Phi) is 7.02. The van der Waals surface area contributed by atoms with Crippen LogP contribution in [0.5, 0.6) is 0 Å². The van der Waals surface area contributed by atoms with Gasteiger partial charge in [0.25, 0.3) is 0 Å². The van der Waals surface area contributed by atoms with Gasteiger partial charge < -0.3 is 4.57 Å². The number of aryl methyl sites for hydroxylation is 2. The number of nitrogens with zero attached hydrogens (tertiary/aromatic N) is 2. The van der Waals surface area contributed by atoms with E-state index in [4.69, 9.17) is 4.98 Å². The van der Waals surface area contributed by atoms with Crippen molar-refractivity contribution in [1.29, 1.82) is 0 Å². The van der Waals surface area contributed by atoms with E-state index in [2.05, 4.69) is 201 Å². The lowest BCUT2D eigenvalue weighted by Crippen LogP contribution is -1.94. The van der Waals surface area contributed by atoms with Gasteiger partial charge >= 0.3 is 0 Å². The highest BCUT2D eigenvalue weighted by molar-refractivity contribution is 6.21. The van der Waals surface area contributed by atoms with Gasteiger partial charge in [0.1, 0.15) is 5.82 Å². The van der Waals surface area contributed by atoms with Crippen LogP contribution < -0.4 is 0 Å². The quantitative estimate of drug-likeness (QED) is 0.167. The Labute approximate surface area is 319 Å². The molecule has 0 saturated heterocycles. The minimum absolute atomic E-state index is 0.983. The topological polar surface area (TPSA) is 17.8 Å². The number of aromatic nitrogens is 2. The lowest BCUT2D eigenvalue weighted by Gasteiger charge is -2.16. The Bertz CT molecular complexity index is 3330. The molecule has 0 unspecified atom stereocenters. The van der Waals surface area contributed by atoms with Crippen LogP contribution in [0, 0.1) is 6.92 Å². The van der Waals surface area contributed by atoms with Crippen LogP contribution in [0.15, 0.2) is 182 Å². The summed E-state index contributed by atoms with van der Waals surface area (Å²) in [5.41, 5.74) is 12.0. The molecule has 1 aromatic heterocycles. The molecule has 2 nitrogen and oxygen atoms in total. The van der Waals surface area contributed by atoms with E-state index in [0.29, 0.717) is 0 Å². The SMILES string of the molecule is Cc1cccc2ccc3cccc(-c4cccc5ccc6cc(-c7ccc(-c8ccc(-c9nc%10ccccc%10n9C)c9ccccc89)cc7)ccc6c45)c3c12. The van der Waals surface area contributed by atoms with Gasteiger partial charge in [0.05, 0.1) is 11.0 Å². The Hall–Kier alpha value is -7.03. The van der Waals surface area contributed by atoms with Crippen LogP contribution in [-0.2, 0) is 7.05 Å². The number of benzene rings is 10. The van der Waals surface area contributed by atoms with E-state index in [1.807, 2.05) is 0 Å². The van der Waals surface area contributed by atoms with E-state index >= 15 is 0 Å². The molecule has 11 aromatic rings. The average Bonchev–Trinajstić information content (AvgIpc) is 3.58. The first kappa shape index (κ1) is 31.5. The fraction of sp³-hybridized carbons (Fsp3) is 0.0377. The number of hydrogen-bond acceptors (Lipinski definition) is 1. The molecule has 2 heteroatoms. The van der Waals surface area contributed by atoms with Gasteiger partial charge in [-0.15, -0.1) is 0 Å². The summed E-state index contributed by atoms with van der Waals surface area (Å²) in [7, 11) is 2.10. The highest BCUT2D eigenvalue weighted by atomic mass is 15.1. The summed E-state index contributed by atoms with van der Waals surface area (Å²) in [6, 6.07) is 66.7. The van der Waals surface area contributed by atoms with Crippen molar-refractivity contribution in [2.75, 3.05) is 0 Å². The van der Waals surface area contributed by atoms with Crippen molar-refractivity contribution in [3.05, 3.63) is 188 Å². The van der Waals surface area contributed by atoms with E-state index in [1.165, 1.54) is 92.8 Å². The third-order valence-electron chi connectivity index (χ3n) is 11.7. The Morgan fingerprint density at radius 1 is 0.382 bits per heavy atom. The van der Waals surface area contributed by atoms with Gasteiger partial charge in [0, 0.05) is 12.6 Å². The normalized spacial score (nSPS) is 11.8. The lowest BCUT2D eigenvalue weighted by molar-refractivity contribution is 0.961. The molecule has 0 aliphatic carbocycles. The molecule has 1 heterocycles. The molecule has 0 aliphatic rings. The summed E-state index contributed by atoms with van der Waals surface area (Å²) in [6.07, 6.45) is 0. The van der Waals surface area contributed by atoms with Crippen LogP contribution in [0.3, 0.4) is 0 Å². The van der Waals surface area contributed by atoms with Crippen LogP contribution in [0.2, 0.25) is 0 Å². The Morgan fingerprint density at radius 3 is 1.73 bits per heavy atom. The summed E-state index contributed by atoms with van der Waals surface area (Å²) in [5.74, 6) is 0.983. The van der Waals surface area contributed by atoms with Crippen molar-refractivity contribution in [3.8, 4) is 44.8 Å². The summed E-state index contributed by atoms with van der Waals surface area (Å²) < 4.78 is 2.20. The minimum atomic E-state index is 0.983. The molecule has 0 fully saturated rings. The largest absolute Gasteiger partial charge is 0.327 e. The maximum atomic E-state index is 5.03. The monoisotopic (exact) mass is 700 g/mol. The highest BCUT2D eigenvalue weighted by Gasteiger charge is 2.17. The number of para-hydroxylation sites is 2. The van der Waals surface area contributed by atoms with Crippen molar-refractivity contribution in [3.63, 3.8) is 0 Å². The molecule has 0 atom stereocenters. The van der Waals surface area contributed by atoms with Crippen LogP contribution >= 0.6 is 0 Å². The molecule has 0 radical (unpaired) electrons. The van der Waals surface area contributed by atoms with Gasteiger partial charge in [-0.05, 0) is 124 Å². The number of rotatable bonds is 4. The molecule has 55 heavy (non-hydrogen) atoms. The van der Waals surface area contributed by atoms with E-state index in [0.717, 1.165) is 22.4 Å². The first-order chi connectivity index (χ1) is 27.1. The van der Waals surface area contributed by atoms with Gasteiger partial charge in [-0.3, -0.25) is 0 Å². The van der Waals surface area contributed by atoms with Crippen molar-refractivity contribution in [1.82, 2.24) is 9.55 Å². The van der Waals surface area contributed by atoms with Gasteiger partial charge in [-0.25, -0.2) is 4.98 Å². The summed E-state index contributed by atoms with van der Waals surface area (Å²) in [5, 5.41) is 12.7. The fourth-order valence-corrected chi connectivity index (χ4v) is 9.06. The molecule has 0 saturated carbocycles. The molecule has 11 rings (SSSR count). The standard InChI is InChI=1S/C53H36N2/c1-33-10-7-11-36-24-25-38-13-9-17-46(52(38)50(33)36)45-16-8-12-37-26-27-40-32-39(28-29-42(40)51(37)45)34-20-22-35(23-21-34)41-30-31-47(44-15-4-3-14-43(41)44)53-54-48-18-5-6-19-49(48)55(53)2/h3-32H,1-2H3. The summed E-state index contributed by atoms with van der Waals surface area (Å²) >= 11 is 0. The molecule has 258 valence electrons. The van der Waals surface area contributed by atoms with Gasteiger partial charge in [-0.1, -0.05) is 158 Å². The number of fused-ring (bicyclic) bond motifs is 8. The van der Waals surface area contributed by atoms with Gasteiger partial charge in [0.15, 0.2) is 0 Å². The zero-order chi connectivity index (χ0) is 36.6. The van der Waals surface area contributed by atoms with Crippen molar-refractivity contribution < 1.29 is 0 Å².